The Balaban J connectivity index is 1.74. The standard InChI is InChI=1S/C24H26N2OS/c1-3-22(27)26-15-19-18-10-4-5-12-21(18)28-24(19)25-13-7-11-20(25)23(26)17-9-6-8-16(2)14-17/h6-9,11,13-14,23H,3-5,10,12,15H2,1-2H3/t23-/m0/s1. The minimum atomic E-state index is -0.0406. The SMILES string of the molecule is CCC(=O)N1Cc2c(sc3c2CCCC3)-n2cccc2[C@@H]1c1cccc(C)c1. The van der Waals surface area contributed by atoms with Crippen molar-refractivity contribution in [2.24, 2.45) is 0 Å². The van der Waals surface area contributed by atoms with Crippen molar-refractivity contribution < 1.29 is 4.79 Å². The average Bonchev–Trinajstić information content (AvgIpc) is 3.29. The van der Waals surface area contributed by atoms with Crippen molar-refractivity contribution in [3.05, 3.63) is 75.4 Å². The van der Waals surface area contributed by atoms with Gasteiger partial charge in [-0.05, 0) is 55.9 Å². The molecule has 0 radical (unpaired) electrons. The largest absolute Gasteiger partial charge is 0.326 e. The lowest BCUT2D eigenvalue weighted by Crippen LogP contribution is -2.34. The summed E-state index contributed by atoms with van der Waals surface area (Å²) in [5.41, 5.74) is 6.53. The van der Waals surface area contributed by atoms with E-state index in [4.69, 9.17) is 0 Å². The summed E-state index contributed by atoms with van der Waals surface area (Å²) in [6.07, 6.45) is 7.60. The van der Waals surface area contributed by atoms with Crippen LogP contribution in [-0.2, 0) is 24.2 Å². The molecule has 1 aliphatic heterocycles. The molecule has 0 fully saturated rings. The van der Waals surface area contributed by atoms with Crippen molar-refractivity contribution in [1.29, 1.82) is 0 Å². The fraction of sp³-hybridized carbons (Fsp3) is 0.375. The van der Waals surface area contributed by atoms with E-state index in [1.165, 1.54) is 57.1 Å². The van der Waals surface area contributed by atoms with Crippen molar-refractivity contribution in [3.63, 3.8) is 0 Å². The smallest absolute Gasteiger partial charge is 0.223 e. The quantitative estimate of drug-likeness (QED) is 0.562. The van der Waals surface area contributed by atoms with E-state index in [-0.39, 0.29) is 11.9 Å². The first-order chi connectivity index (χ1) is 13.7. The summed E-state index contributed by atoms with van der Waals surface area (Å²) in [6.45, 7) is 4.82. The van der Waals surface area contributed by atoms with Gasteiger partial charge in [-0.2, -0.15) is 0 Å². The van der Waals surface area contributed by atoms with E-state index in [0.29, 0.717) is 13.0 Å². The van der Waals surface area contributed by atoms with Crippen molar-refractivity contribution in [3.8, 4) is 5.00 Å². The van der Waals surface area contributed by atoms with E-state index in [2.05, 4.69) is 59.0 Å². The molecule has 3 heterocycles. The average molecular weight is 391 g/mol. The lowest BCUT2D eigenvalue weighted by molar-refractivity contribution is -0.133. The summed E-state index contributed by atoms with van der Waals surface area (Å²) in [6, 6.07) is 12.9. The van der Waals surface area contributed by atoms with Gasteiger partial charge in [0.05, 0.1) is 11.7 Å². The number of nitrogens with zero attached hydrogens (tertiary/aromatic N) is 2. The van der Waals surface area contributed by atoms with E-state index >= 15 is 0 Å². The number of hydrogen-bond acceptors (Lipinski definition) is 2. The lowest BCUT2D eigenvalue weighted by Gasteiger charge is -2.31. The second-order valence-corrected chi connectivity index (χ2v) is 9.07. The van der Waals surface area contributed by atoms with E-state index in [1.54, 1.807) is 0 Å². The van der Waals surface area contributed by atoms with Gasteiger partial charge in [0, 0.05) is 29.6 Å². The Morgan fingerprint density at radius 2 is 2.00 bits per heavy atom. The van der Waals surface area contributed by atoms with Crippen molar-refractivity contribution in [1.82, 2.24) is 9.47 Å². The van der Waals surface area contributed by atoms with Crippen LogP contribution in [0.15, 0.2) is 42.6 Å². The molecule has 2 aliphatic rings. The molecule has 0 spiro atoms. The molecule has 2 aromatic heterocycles. The second kappa shape index (κ2) is 6.93. The van der Waals surface area contributed by atoms with Gasteiger partial charge in [0.1, 0.15) is 5.00 Å². The van der Waals surface area contributed by atoms with Gasteiger partial charge in [-0.3, -0.25) is 4.79 Å². The summed E-state index contributed by atoms with van der Waals surface area (Å²) in [5, 5.41) is 1.33. The molecule has 0 unspecified atom stereocenters. The van der Waals surface area contributed by atoms with Gasteiger partial charge in [0.15, 0.2) is 0 Å². The first kappa shape index (κ1) is 17.7. The third-order valence-electron chi connectivity index (χ3n) is 6.16. The Bertz CT molecular complexity index is 1040. The Labute approximate surface area is 170 Å². The van der Waals surface area contributed by atoms with E-state index in [1.807, 2.05) is 18.3 Å². The van der Waals surface area contributed by atoms with Crippen LogP contribution >= 0.6 is 11.3 Å². The van der Waals surface area contributed by atoms with Crippen LogP contribution < -0.4 is 0 Å². The normalized spacial score (nSPS) is 18.2. The minimum absolute atomic E-state index is 0.0406. The van der Waals surface area contributed by atoms with Gasteiger partial charge in [-0.25, -0.2) is 0 Å². The van der Waals surface area contributed by atoms with Crippen molar-refractivity contribution in [2.45, 2.75) is 58.5 Å². The van der Waals surface area contributed by atoms with Gasteiger partial charge in [0.2, 0.25) is 5.91 Å². The van der Waals surface area contributed by atoms with E-state index in [9.17, 15) is 4.79 Å². The zero-order valence-electron chi connectivity index (χ0n) is 16.6. The zero-order chi connectivity index (χ0) is 19.3. The van der Waals surface area contributed by atoms with Crippen LogP contribution in [0.5, 0.6) is 0 Å². The Hall–Kier alpha value is -2.33. The van der Waals surface area contributed by atoms with Gasteiger partial charge < -0.3 is 9.47 Å². The molecular formula is C24H26N2OS. The number of carbonyl (C=O) groups is 1. The molecule has 1 atom stereocenters. The summed E-state index contributed by atoms with van der Waals surface area (Å²) in [4.78, 5) is 16.8. The molecule has 5 rings (SSSR count). The molecule has 1 amide bonds. The molecule has 3 aromatic rings. The maximum Gasteiger partial charge on any atom is 0.223 e. The van der Waals surface area contributed by atoms with Crippen LogP contribution in [0, 0.1) is 6.92 Å². The molecule has 3 nitrogen and oxygen atoms in total. The molecule has 144 valence electrons. The monoisotopic (exact) mass is 390 g/mol. The molecule has 28 heavy (non-hydrogen) atoms. The molecule has 1 aromatic carbocycles. The minimum Gasteiger partial charge on any atom is -0.326 e. The van der Waals surface area contributed by atoms with E-state index in [0.717, 1.165) is 6.42 Å². The van der Waals surface area contributed by atoms with Crippen LogP contribution in [0.2, 0.25) is 0 Å². The molecule has 0 N–H and O–H groups in total. The molecule has 0 saturated carbocycles. The van der Waals surface area contributed by atoms with Crippen LogP contribution in [0.25, 0.3) is 5.00 Å². The topological polar surface area (TPSA) is 25.2 Å². The third kappa shape index (κ3) is 2.74. The summed E-state index contributed by atoms with van der Waals surface area (Å²) < 4.78 is 2.36. The van der Waals surface area contributed by atoms with Crippen molar-refractivity contribution >= 4 is 17.2 Å². The number of aryl methyl sites for hydroxylation is 2. The highest BCUT2D eigenvalue weighted by Crippen LogP contribution is 2.44. The highest BCUT2D eigenvalue weighted by molar-refractivity contribution is 7.15. The lowest BCUT2D eigenvalue weighted by atomic mass is 9.94. The van der Waals surface area contributed by atoms with Gasteiger partial charge in [-0.1, -0.05) is 36.8 Å². The molecule has 0 bridgehead atoms. The van der Waals surface area contributed by atoms with Crippen LogP contribution in [0.4, 0.5) is 0 Å². The summed E-state index contributed by atoms with van der Waals surface area (Å²) >= 11 is 1.95. The Morgan fingerprint density at radius 3 is 2.82 bits per heavy atom. The van der Waals surface area contributed by atoms with Crippen LogP contribution in [-0.4, -0.2) is 15.4 Å². The zero-order valence-corrected chi connectivity index (χ0v) is 17.4. The predicted molar refractivity (Wildman–Crippen MR) is 114 cm³/mol. The number of thiophene rings is 1. The maximum atomic E-state index is 13.1. The highest BCUT2D eigenvalue weighted by atomic mass is 32.1. The van der Waals surface area contributed by atoms with E-state index < -0.39 is 0 Å². The van der Waals surface area contributed by atoms with Crippen molar-refractivity contribution in [2.75, 3.05) is 0 Å². The first-order valence-corrected chi connectivity index (χ1v) is 11.2. The van der Waals surface area contributed by atoms with Crippen LogP contribution in [0.3, 0.4) is 0 Å². The number of fused-ring (bicyclic) bond motifs is 5. The molecule has 0 saturated heterocycles. The first-order valence-electron chi connectivity index (χ1n) is 10.3. The van der Waals surface area contributed by atoms with Gasteiger partial charge >= 0.3 is 0 Å². The van der Waals surface area contributed by atoms with Crippen LogP contribution in [0.1, 0.15) is 65.1 Å². The highest BCUT2D eigenvalue weighted by Gasteiger charge is 2.35. The molecular weight excluding hydrogens is 364 g/mol. The second-order valence-electron chi connectivity index (χ2n) is 7.99. The number of rotatable bonds is 2. The molecule has 4 heteroatoms. The number of benzene rings is 1. The number of hydrogen-bond donors (Lipinski definition) is 0. The summed E-state index contributed by atoms with van der Waals surface area (Å²) in [5.74, 6) is 0.225. The van der Waals surface area contributed by atoms with Gasteiger partial charge in [-0.15, -0.1) is 11.3 Å². The van der Waals surface area contributed by atoms with Gasteiger partial charge in [0.25, 0.3) is 0 Å². The molecule has 1 aliphatic carbocycles. The fourth-order valence-corrected chi connectivity index (χ4v) is 6.23. The fourth-order valence-electron chi connectivity index (χ4n) is 4.82. The Kier molecular flexibility index (Phi) is 4.39. The third-order valence-corrected chi connectivity index (χ3v) is 7.49. The maximum absolute atomic E-state index is 13.1. The Morgan fingerprint density at radius 1 is 1.14 bits per heavy atom. The number of carbonyl (C=O) groups excluding carboxylic acids is 1. The predicted octanol–water partition coefficient (Wildman–Crippen LogP) is 5.57. The summed E-state index contributed by atoms with van der Waals surface area (Å²) in [7, 11) is 0. The number of amides is 1. The number of aromatic nitrogens is 1.